The third-order valence-electron chi connectivity index (χ3n) is 5.85. The number of carbonyl (C=O) groups excluding carboxylic acids is 1. The average Bonchev–Trinajstić information content (AvgIpc) is 2.75. The molecule has 156 valence electrons. The van der Waals surface area contributed by atoms with Crippen LogP contribution in [0.4, 0.5) is 0 Å². The molecule has 1 aliphatic carbocycles. The fourth-order valence-corrected chi connectivity index (χ4v) is 4.14. The number of methoxy groups -OCH3 is 2. The van der Waals surface area contributed by atoms with Crippen LogP contribution < -0.4 is 0 Å². The SMILES string of the molecule is COC(C[C@H]1CC[C@H](OC2CCN(OC(=O)c3ccccc3)CC2)CC1)OC. The van der Waals surface area contributed by atoms with E-state index in [9.17, 15) is 4.79 Å². The van der Waals surface area contributed by atoms with Gasteiger partial charge in [0.2, 0.25) is 0 Å². The first-order chi connectivity index (χ1) is 13.7. The summed E-state index contributed by atoms with van der Waals surface area (Å²) >= 11 is 0. The summed E-state index contributed by atoms with van der Waals surface area (Å²) < 4.78 is 17.0. The third kappa shape index (κ3) is 6.27. The maximum atomic E-state index is 12.1. The van der Waals surface area contributed by atoms with E-state index in [1.165, 1.54) is 12.8 Å². The Kier molecular flexibility index (Phi) is 8.27. The number of benzene rings is 1. The molecule has 1 aliphatic heterocycles. The molecule has 0 spiro atoms. The maximum Gasteiger partial charge on any atom is 0.357 e. The molecule has 6 heteroatoms. The molecule has 0 aromatic heterocycles. The van der Waals surface area contributed by atoms with Gasteiger partial charge in [0, 0.05) is 33.7 Å². The molecule has 1 aromatic rings. The smallest absolute Gasteiger partial charge is 0.357 e. The molecule has 0 bridgehead atoms. The minimum atomic E-state index is -0.288. The Morgan fingerprint density at radius 1 is 0.964 bits per heavy atom. The highest BCUT2D eigenvalue weighted by molar-refractivity contribution is 5.89. The lowest BCUT2D eigenvalue weighted by molar-refractivity contribution is -0.151. The molecule has 1 saturated carbocycles. The minimum Gasteiger partial charge on any atom is -0.375 e. The summed E-state index contributed by atoms with van der Waals surface area (Å²) in [4.78, 5) is 17.7. The lowest BCUT2D eigenvalue weighted by Crippen LogP contribution is -2.40. The van der Waals surface area contributed by atoms with E-state index in [0.717, 1.165) is 45.2 Å². The number of rotatable bonds is 8. The molecule has 0 atom stereocenters. The van der Waals surface area contributed by atoms with Crippen molar-refractivity contribution < 1.29 is 23.8 Å². The summed E-state index contributed by atoms with van der Waals surface area (Å²) in [6, 6.07) is 9.12. The van der Waals surface area contributed by atoms with Crippen molar-refractivity contribution in [3.8, 4) is 0 Å². The monoisotopic (exact) mass is 391 g/mol. The zero-order chi connectivity index (χ0) is 19.8. The molecule has 2 fully saturated rings. The Labute approximate surface area is 168 Å². The fraction of sp³-hybridized carbons (Fsp3) is 0.682. The third-order valence-corrected chi connectivity index (χ3v) is 5.85. The average molecular weight is 392 g/mol. The van der Waals surface area contributed by atoms with Crippen LogP contribution in [-0.2, 0) is 19.0 Å². The van der Waals surface area contributed by atoms with E-state index in [-0.39, 0.29) is 18.4 Å². The van der Waals surface area contributed by atoms with Crippen LogP contribution in [0.1, 0.15) is 55.3 Å². The van der Waals surface area contributed by atoms with Gasteiger partial charge >= 0.3 is 5.97 Å². The second kappa shape index (κ2) is 10.9. The van der Waals surface area contributed by atoms with E-state index in [4.69, 9.17) is 19.0 Å². The second-order valence-corrected chi connectivity index (χ2v) is 7.79. The summed E-state index contributed by atoms with van der Waals surface area (Å²) in [5.74, 6) is 0.368. The number of nitrogens with zero attached hydrogens (tertiary/aromatic N) is 1. The van der Waals surface area contributed by atoms with Crippen molar-refractivity contribution in [2.45, 2.75) is 63.4 Å². The number of hydroxylamine groups is 2. The second-order valence-electron chi connectivity index (χ2n) is 7.79. The molecule has 1 saturated heterocycles. The molecule has 1 aromatic carbocycles. The summed E-state index contributed by atoms with van der Waals surface area (Å²) in [5.41, 5.74) is 0.585. The van der Waals surface area contributed by atoms with E-state index < -0.39 is 0 Å². The van der Waals surface area contributed by atoms with E-state index in [1.54, 1.807) is 31.4 Å². The highest BCUT2D eigenvalue weighted by Gasteiger charge is 2.29. The molecule has 0 unspecified atom stereocenters. The number of carbonyl (C=O) groups is 1. The minimum absolute atomic E-state index is 0.0922. The molecule has 0 N–H and O–H groups in total. The van der Waals surface area contributed by atoms with Crippen molar-refractivity contribution >= 4 is 5.97 Å². The van der Waals surface area contributed by atoms with Crippen LogP contribution in [0.25, 0.3) is 0 Å². The molecular weight excluding hydrogens is 358 g/mol. The molecule has 28 heavy (non-hydrogen) atoms. The zero-order valence-corrected chi connectivity index (χ0v) is 17.0. The van der Waals surface area contributed by atoms with Gasteiger partial charge in [-0.1, -0.05) is 18.2 Å². The predicted molar refractivity (Wildman–Crippen MR) is 106 cm³/mol. The molecular formula is C22H33NO5. The van der Waals surface area contributed by atoms with Crippen LogP contribution in [-0.4, -0.2) is 56.8 Å². The normalized spacial score (nSPS) is 24.4. The first-order valence-electron chi connectivity index (χ1n) is 10.4. The maximum absolute atomic E-state index is 12.1. The Morgan fingerprint density at radius 2 is 1.57 bits per heavy atom. The van der Waals surface area contributed by atoms with Gasteiger partial charge in [-0.05, 0) is 56.6 Å². The topological polar surface area (TPSA) is 57.2 Å². The van der Waals surface area contributed by atoms with Crippen LogP contribution >= 0.6 is 0 Å². The standard InChI is InChI=1S/C22H33NO5/c1-25-21(26-2)16-17-8-10-19(11-9-17)27-20-12-14-23(15-13-20)28-22(24)18-6-4-3-5-7-18/h3-7,17,19-21H,8-16H2,1-2H3/t17-,19-. The Morgan fingerprint density at radius 3 is 2.18 bits per heavy atom. The van der Waals surface area contributed by atoms with Gasteiger partial charge in [-0.15, -0.1) is 5.06 Å². The van der Waals surface area contributed by atoms with Crippen LogP contribution in [0.2, 0.25) is 0 Å². The molecule has 1 heterocycles. The van der Waals surface area contributed by atoms with Crippen molar-refractivity contribution in [1.29, 1.82) is 0 Å². The summed E-state index contributed by atoms with van der Waals surface area (Å²) in [7, 11) is 3.40. The van der Waals surface area contributed by atoms with Gasteiger partial charge in [0.25, 0.3) is 0 Å². The molecule has 0 amide bonds. The van der Waals surface area contributed by atoms with Gasteiger partial charge < -0.3 is 19.0 Å². The van der Waals surface area contributed by atoms with Crippen LogP contribution in [0, 0.1) is 5.92 Å². The Bertz CT molecular complexity index is 576. The molecule has 6 nitrogen and oxygen atoms in total. The van der Waals surface area contributed by atoms with Crippen LogP contribution in [0.3, 0.4) is 0 Å². The van der Waals surface area contributed by atoms with E-state index in [0.29, 0.717) is 17.6 Å². The summed E-state index contributed by atoms with van der Waals surface area (Å²) in [5, 5.41) is 1.77. The Balaban J connectivity index is 1.33. The zero-order valence-electron chi connectivity index (χ0n) is 17.0. The highest BCUT2D eigenvalue weighted by Crippen LogP contribution is 2.31. The molecule has 3 rings (SSSR count). The number of piperidine rings is 1. The van der Waals surface area contributed by atoms with Gasteiger partial charge in [-0.3, -0.25) is 0 Å². The highest BCUT2D eigenvalue weighted by atomic mass is 16.7. The largest absolute Gasteiger partial charge is 0.375 e. The first-order valence-corrected chi connectivity index (χ1v) is 10.4. The Hall–Kier alpha value is -1.47. The van der Waals surface area contributed by atoms with Crippen molar-refractivity contribution in [2.24, 2.45) is 5.92 Å². The lowest BCUT2D eigenvalue weighted by atomic mass is 9.85. The van der Waals surface area contributed by atoms with Gasteiger partial charge in [0.05, 0.1) is 17.8 Å². The number of ether oxygens (including phenoxy) is 3. The van der Waals surface area contributed by atoms with Crippen LogP contribution in [0.5, 0.6) is 0 Å². The van der Waals surface area contributed by atoms with Crippen molar-refractivity contribution in [3.05, 3.63) is 35.9 Å². The van der Waals surface area contributed by atoms with E-state index in [2.05, 4.69) is 0 Å². The van der Waals surface area contributed by atoms with Gasteiger partial charge in [-0.25, -0.2) is 4.79 Å². The predicted octanol–water partition coefficient (Wildman–Crippen LogP) is 3.81. The van der Waals surface area contributed by atoms with E-state index >= 15 is 0 Å². The van der Waals surface area contributed by atoms with Crippen molar-refractivity contribution in [1.82, 2.24) is 5.06 Å². The van der Waals surface area contributed by atoms with Gasteiger partial charge in [0.15, 0.2) is 6.29 Å². The van der Waals surface area contributed by atoms with Gasteiger partial charge in [0.1, 0.15) is 0 Å². The molecule has 0 radical (unpaired) electrons. The quantitative estimate of drug-likeness (QED) is 0.628. The summed E-state index contributed by atoms with van der Waals surface area (Å²) in [6.45, 7) is 1.45. The molecule has 2 aliphatic rings. The van der Waals surface area contributed by atoms with E-state index in [1.807, 2.05) is 18.2 Å². The number of hydrogen-bond donors (Lipinski definition) is 0. The summed E-state index contributed by atoms with van der Waals surface area (Å²) in [6.07, 6.45) is 7.83. The lowest BCUT2D eigenvalue weighted by Gasteiger charge is -2.35. The fourth-order valence-electron chi connectivity index (χ4n) is 4.14. The van der Waals surface area contributed by atoms with Crippen LogP contribution in [0.15, 0.2) is 30.3 Å². The number of hydrogen-bond acceptors (Lipinski definition) is 6. The van der Waals surface area contributed by atoms with Gasteiger partial charge in [-0.2, -0.15) is 0 Å². The first kappa shape index (κ1) is 21.2. The van der Waals surface area contributed by atoms with Crippen molar-refractivity contribution in [2.75, 3.05) is 27.3 Å². The van der Waals surface area contributed by atoms with Crippen molar-refractivity contribution in [3.63, 3.8) is 0 Å².